The maximum absolute atomic E-state index is 4.43. The van der Waals surface area contributed by atoms with Crippen LogP contribution in [0.2, 0.25) is 0 Å². The highest BCUT2D eigenvalue weighted by atomic mass is 32.2. The number of nitrogens with zero attached hydrogens (tertiary/aromatic N) is 5. The highest BCUT2D eigenvalue weighted by molar-refractivity contribution is 7.99. The number of fused-ring (bicyclic) bond motifs is 1. The predicted octanol–water partition coefficient (Wildman–Crippen LogP) is 0.973. The molecule has 2 aromatic rings. The van der Waals surface area contributed by atoms with E-state index in [0.29, 0.717) is 5.65 Å². The van der Waals surface area contributed by atoms with Crippen molar-refractivity contribution in [1.29, 1.82) is 0 Å². The molecule has 3 rings (SSSR count). The Morgan fingerprint density at radius 3 is 2.75 bits per heavy atom. The maximum Gasteiger partial charge on any atom is 0.227 e. The highest BCUT2D eigenvalue weighted by Crippen LogP contribution is 2.16. The first-order valence-corrected chi connectivity index (χ1v) is 6.35. The van der Waals surface area contributed by atoms with Gasteiger partial charge in [-0.25, -0.2) is 15.0 Å². The number of thioether (sulfide) groups is 1. The average molecular weight is 233 g/mol. The van der Waals surface area contributed by atoms with Crippen molar-refractivity contribution in [2.75, 3.05) is 29.5 Å². The van der Waals surface area contributed by atoms with Gasteiger partial charge in [0.2, 0.25) is 5.95 Å². The minimum absolute atomic E-state index is 0.672. The van der Waals surface area contributed by atoms with Crippen LogP contribution in [0.4, 0.5) is 5.95 Å². The van der Waals surface area contributed by atoms with Gasteiger partial charge in [0.05, 0.1) is 6.20 Å². The lowest BCUT2D eigenvalue weighted by molar-refractivity contribution is 0.818. The molecule has 0 saturated carbocycles. The summed E-state index contributed by atoms with van der Waals surface area (Å²) in [6, 6.07) is 0. The smallest absolute Gasteiger partial charge is 0.227 e. The van der Waals surface area contributed by atoms with Crippen LogP contribution in [0.15, 0.2) is 18.6 Å². The van der Waals surface area contributed by atoms with Crippen LogP contribution in [0.1, 0.15) is 0 Å². The van der Waals surface area contributed by atoms with E-state index >= 15 is 0 Å². The Hall–Kier alpha value is -1.43. The molecule has 0 unspecified atom stereocenters. The number of hydrogen-bond donors (Lipinski definition) is 0. The summed E-state index contributed by atoms with van der Waals surface area (Å²) < 4.78 is 0. The van der Waals surface area contributed by atoms with Crippen molar-refractivity contribution in [2.24, 2.45) is 0 Å². The Labute approximate surface area is 97.3 Å². The Morgan fingerprint density at radius 1 is 1.06 bits per heavy atom. The second-order valence-corrected chi connectivity index (χ2v) is 4.76. The van der Waals surface area contributed by atoms with Crippen LogP contribution in [0, 0.1) is 0 Å². The third kappa shape index (κ3) is 1.80. The standard InChI is InChI=1S/C10H11N5S/c1-2-12-9-8(11-1)7-13-10(14-9)15-3-5-16-6-4-15/h1-2,7H,3-6H2. The van der Waals surface area contributed by atoms with Crippen LogP contribution in [0.5, 0.6) is 0 Å². The number of aromatic nitrogens is 4. The topological polar surface area (TPSA) is 54.8 Å². The molecule has 0 aliphatic carbocycles. The van der Waals surface area contributed by atoms with Crippen molar-refractivity contribution >= 4 is 28.9 Å². The van der Waals surface area contributed by atoms with Gasteiger partial charge in [-0.1, -0.05) is 0 Å². The van der Waals surface area contributed by atoms with Crippen LogP contribution < -0.4 is 4.90 Å². The van der Waals surface area contributed by atoms with Gasteiger partial charge >= 0.3 is 0 Å². The van der Waals surface area contributed by atoms with Crippen LogP contribution in [0.3, 0.4) is 0 Å². The van der Waals surface area contributed by atoms with E-state index in [-0.39, 0.29) is 0 Å². The van der Waals surface area contributed by atoms with Gasteiger partial charge in [0.15, 0.2) is 5.65 Å². The Balaban J connectivity index is 1.97. The van der Waals surface area contributed by atoms with E-state index < -0.39 is 0 Å². The summed E-state index contributed by atoms with van der Waals surface area (Å²) in [6.45, 7) is 2.02. The highest BCUT2D eigenvalue weighted by Gasteiger charge is 2.14. The Bertz CT molecular complexity index is 497. The average Bonchev–Trinajstić information content (AvgIpc) is 2.39. The number of hydrogen-bond acceptors (Lipinski definition) is 6. The van der Waals surface area contributed by atoms with Gasteiger partial charge in [-0.3, -0.25) is 0 Å². The Kier molecular flexibility index (Phi) is 2.57. The van der Waals surface area contributed by atoms with E-state index in [2.05, 4.69) is 24.8 Å². The van der Waals surface area contributed by atoms with E-state index in [4.69, 9.17) is 0 Å². The SMILES string of the molecule is c1cnc2nc(N3CCSCC3)ncc2n1. The fourth-order valence-corrected chi connectivity index (χ4v) is 2.58. The van der Waals surface area contributed by atoms with Crippen molar-refractivity contribution in [2.45, 2.75) is 0 Å². The zero-order chi connectivity index (χ0) is 10.8. The van der Waals surface area contributed by atoms with Crippen molar-refractivity contribution < 1.29 is 0 Å². The van der Waals surface area contributed by atoms with Gasteiger partial charge < -0.3 is 4.90 Å². The van der Waals surface area contributed by atoms with Crippen LogP contribution >= 0.6 is 11.8 Å². The van der Waals surface area contributed by atoms with Crippen LogP contribution in [-0.2, 0) is 0 Å². The van der Waals surface area contributed by atoms with Gasteiger partial charge in [0, 0.05) is 37.0 Å². The maximum atomic E-state index is 4.43. The lowest BCUT2D eigenvalue weighted by Crippen LogP contribution is -2.33. The third-order valence-electron chi connectivity index (χ3n) is 2.51. The lowest BCUT2D eigenvalue weighted by atomic mass is 10.5. The molecule has 0 atom stereocenters. The van der Waals surface area contributed by atoms with Crippen molar-refractivity contribution in [3.63, 3.8) is 0 Å². The molecule has 0 N–H and O–H groups in total. The van der Waals surface area contributed by atoms with Crippen LogP contribution in [0.25, 0.3) is 11.2 Å². The largest absolute Gasteiger partial charge is 0.339 e. The van der Waals surface area contributed by atoms with Gasteiger partial charge in [-0.2, -0.15) is 16.7 Å². The molecule has 16 heavy (non-hydrogen) atoms. The summed E-state index contributed by atoms with van der Waals surface area (Å²) in [5, 5.41) is 0. The van der Waals surface area contributed by atoms with E-state index in [1.165, 1.54) is 0 Å². The monoisotopic (exact) mass is 233 g/mol. The van der Waals surface area contributed by atoms with Crippen LogP contribution in [-0.4, -0.2) is 44.5 Å². The van der Waals surface area contributed by atoms with Gasteiger partial charge in [-0.05, 0) is 0 Å². The molecule has 6 heteroatoms. The molecule has 0 spiro atoms. The fourth-order valence-electron chi connectivity index (χ4n) is 1.68. The predicted molar refractivity (Wildman–Crippen MR) is 64.7 cm³/mol. The molecule has 1 saturated heterocycles. The first kappa shape index (κ1) is 9.77. The molecule has 1 aliphatic heterocycles. The van der Waals surface area contributed by atoms with E-state index in [1.54, 1.807) is 18.6 Å². The third-order valence-corrected chi connectivity index (χ3v) is 3.45. The first-order valence-electron chi connectivity index (χ1n) is 5.20. The van der Waals surface area contributed by atoms with Gasteiger partial charge in [0.25, 0.3) is 0 Å². The normalized spacial score (nSPS) is 16.6. The second kappa shape index (κ2) is 4.21. The van der Waals surface area contributed by atoms with E-state index in [0.717, 1.165) is 36.1 Å². The zero-order valence-corrected chi connectivity index (χ0v) is 9.52. The molecule has 3 heterocycles. The molecule has 0 aromatic carbocycles. The van der Waals surface area contributed by atoms with Crippen molar-refractivity contribution in [3.8, 4) is 0 Å². The summed E-state index contributed by atoms with van der Waals surface area (Å²) in [6.07, 6.45) is 5.06. The molecule has 1 aliphatic rings. The summed E-state index contributed by atoms with van der Waals surface area (Å²) in [4.78, 5) is 19.3. The van der Waals surface area contributed by atoms with Crippen molar-refractivity contribution in [1.82, 2.24) is 19.9 Å². The Morgan fingerprint density at radius 2 is 1.88 bits per heavy atom. The lowest BCUT2D eigenvalue weighted by Gasteiger charge is -2.26. The molecule has 0 amide bonds. The molecular weight excluding hydrogens is 222 g/mol. The quantitative estimate of drug-likeness (QED) is 0.731. The molecule has 2 aromatic heterocycles. The molecule has 82 valence electrons. The van der Waals surface area contributed by atoms with E-state index in [1.807, 2.05) is 11.8 Å². The van der Waals surface area contributed by atoms with E-state index in [9.17, 15) is 0 Å². The molecular formula is C10H11N5S. The second-order valence-electron chi connectivity index (χ2n) is 3.53. The fraction of sp³-hybridized carbons (Fsp3) is 0.400. The molecule has 0 bridgehead atoms. The zero-order valence-electron chi connectivity index (χ0n) is 8.70. The number of anilines is 1. The summed E-state index contributed by atoms with van der Waals surface area (Å²) in [7, 11) is 0. The van der Waals surface area contributed by atoms with Gasteiger partial charge in [0.1, 0.15) is 5.52 Å². The minimum atomic E-state index is 0.672. The molecule has 1 fully saturated rings. The molecule has 5 nitrogen and oxygen atoms in total. The summed E-state index contributed by atoms with van der Waals surface area (Å²) in [5.74, 6) is 3.05. The van der Waals surface area contributed by atoms with Crippen molar-refractivity contribution in [3.05, 3.63) is 18.6 Å². The number of rotatable bonds is 1. The summed E-state index contributed by atoms with van der Waals surface area (Å²) >= 11 is 1.97. The summed E-state index contributed by atoms with van der Waals surface area (Å²) in [5.41, 5.74) is 1.42. The minimum Gasteiger partial charge on any atom is -0.339 e. The van der Waals surface area contributed by atoms with Gasteiger partial charge in [-0.15, -0.1) is 0 Å². The molecule has 0 radical (unpaired) electrons. The first-order chi connectivity index (χ1) is 7.93.